The van der Waals surface area contributed by atoms with Gasteiger partial charge in [0, 0.05) is 18.3 Å². The van der Waals surface area contributed by atoms with Gasteiger partial charge in [0.2, 0.25) is 0 Å². The Morgan fingerprint density at radius 3 is 2.58 bits per heavy atom. The standard InChI is InChI=1S/C15H21NO3/c17-13-4-1-11(2-5-13)10-16-12-3-6-14-15(9-12)19-8-7-18-14/h3,6,9,11,13,16-17H,1-2,4-5,7-8,10H2. The van der Waals surface area contributed by atoms with Crippen molar-refractivity contribution < 1.29 is 14.6 Å². The Hall–Kier alpha value is -1.42. The number of hydrogen-bond donors (Lipinski definition) is 2. The van der Waals surface area contributed by atoms with Crippen LogP contribution >= 0.6 is 0 Å². The molecule has 2 N–H and O–H groups in total. The number of aliphatic hydroxyl groups excluding tert-OH is 1. The highest BCUT2D eigenvalue weighted by atomic mass is 16.6. The third kappa shape index (κ3) is 3.13. The minimum atomic E-state index is -0.0782. The second-order valence-electron chi connectivity index (χ2n) is 5.41. The molecule has 4 heteroatoms. The fourth-order valence-electron chi connectivity index (χ4n) is 2.76. The second kappa shape index (κ2) is 5.70. The van der Waals surface area contributed by atoms with Gasteiger partial charge in [0.25, 0.3) is 0 Å². The maximum atomic E-state index is 9.49. The van der Waals surface area contributed by atoms with Gasteiger partial charge in [-0.05, 0) is 43.7 Å². The van der Waals surface area contributed by atoms with Crippen LogP contribution in [0.15, 0.2) is 18.2 Å². The zero-order valence-electron chi connectivity index (χ0n) is 11.1. The lowest BCUT2D eigenvalue weighted by molar-refractivity contribution is 0.111. The molecule has 3 rings (SSSR count). The number of rotatable bonds is 3. The van der Waals surface area contributed by atoms with Crippen LogP contribution < -0.4 is 14.8 Å². The van der Waals surface area contributed by atoms with Crippen LogP contribution in [0.1, 0.15) is 25.7 Å². The Balaban J connectivity index is 1.55. The number of aliphatic hydroxyl groups is 1. The van der Waals surface area contributed by atoms with Crippen LogP contribution in [0.4, 0.5) is 5.69 Å². The van der Waals surface area contributed by atoms with Gasteiger partial charge >= 0.3 is 0 Å². The highest BCUT2D eigenvalue weighted by Crippen LogP contribution is 2.33. The number of ether oxygens (including phenoxy) is 2. The molecule has 1 aliphatic heterocycles. The molecule has 1 aromatic carbocycles. The van der Waals surface area contributed by atoms with Gasteiger partial charge in [-0.25, -0.2) is 0 Å². The molecule has 19 heavy (non-hydrogen) atoms. The van der Waals surface area contributed by atoms with Crippen molar-refractivity contribution >= 4 is 5.69 Å². The number of fused-ring (bicyclic) bond motifs is 1. The third-order valence-corrected chi connectivity index (χ3v) is 3.95. The average molecular weight is 263 g/mol. The van der Waals surface area contributed by atoms with Gasteiger partial charge in [-0.15, -0.1) is 0 Å². The maximum absolute atomic E-state index is 9.49. The van der Waals surface area contributed by atoms with Crippen molar-refractivity contribution in [2.45, 2.75) is 31.8 Å². The van der Waals surface area contributed by atoms with E-state index in [4.69, 9.17) is 9.47 Å². The predicted molar refractivity (Wildman–Crippen MR) is 73.9 cm³/mol. The highest BCUT2D eigenvalue weighted by molar-refractivity contribution is 5.55. The van der Waals surface area contributed by atoms with Crippen molar-refractivity contribution in [1.29, 1.82) is 0 Å². The van der Waals surface area contributed by atoms with E-state index in [1.54, 1.807) is 0 Å². The molecule has 1 aromatic rings. The summed E-state index contributed by atoms with van der Waals surface area (Å²) in [6.45, 7) is 2.22. The van der Waals surface area contributed by atoms with Crippen LogP contribution in [0.25, 0.3) is 0 Å². The lowest BCUT2D eigenvalue weighted by Gasteiger charge is -2.26. The number of benzene rings is 1. The number of hydrogen-bond acceptors (Lipinski definition) is 4. The quantitative estimate of drug-likeness (QED) is 0.879. The first-order valence-electron chi connectivity index (χ1n) is 7.13. The van der Waals surface area contributed by atoms with Gasteiger partial charge in [-0.1, -0.05) is 0 Å². The molecule has 0 saturated heterocycles. The Morgan fingerprint density at radius 1 is 1.05 bits per heavy atom. The summed E-state index contributed by atoms with van der Waals surface area (Å²) >= 11 is 0. The van der Waals surface area contributed by atoms with Crippen molar-refractivity contribution in [3.63, 3.8) is 0 Å². The normalized spacial score (nSPS) is 25.9. The molecule has 0 bridgehead atoms. The molecule has 0 unspecified atom stereocenters. The first-order chi connectivity index (χ1) is 9.31. The van der Waals surface area contributed by atoms with E-state index in [0.717, 1.165) is 49.4 Å². The molecule has 0 atom stereocenters. The largest absolute Gasteiger partial charge is 0.486 e. The molecule has 0 spiro atoms. The van der Waals surface area contributed by atoms with E-state index in [0.29, 0.717) is 19.1 Å². The van der Waals surface area contributed by atoms with Crippen molar-refractivity contribution in [3.8, 4) is 11.5 Å². The molecule has 0 radical (unpaired) electrons. The van der Waals surface area contributed by atoms with Crippen molar-refractivity contribution in [1.82, 2.24) is 0 Å². The summed E-state index contributed by atoms with van der Waals surface area (Å²) in [5.41, 5.74) is 1.08. The van der Waals surface area contributed by atoms with E-state index in [2.05, 4.69) is 5.32 Å². The van der Waals surface area contributed by atoms with Crippen LogP contribution in [-0.4, -0.2) is 31.0 Å². The lowest BCUT2D eigenvalue weighted by atomic mass is 9.87. The van der Waals surface area contributed by atoms with Crippen LogP contribution in [-0.2, 0) is 0 Å². The molecule has 1 aliphatic carbocycles. The van der Waals surface area contributed by atoms with Gasteiger partial charge in [-0.2, -0.15) is 0 Å². The first kappa shape index (κ1) is 12.6. The Kier molecular flexibility index (Phi) is 3.78. The molecule has 0 amide bonds. The SMILES string of the molecule is OC1CCC(CNc2ccc3c(c2)OCCO3)CC1. The van der Waals surface area contributed by atoms with Gasteiger partial charge in [0.05, 0.1) is 6.10 Å². The molecule has 1 saturated carbocycles. The Bertz CT molecular complexity index is 427. The van der Waals surface area contributed by atoms with Gasteiger partial charge < -0.3 is 19.9 Å². The average Bonchev–Trinajstić information content (AvgIpc) is 2.46. The molecule has 1 heterocycles. The molecular formula is C15H21NO3. The van der Waals surface area contributed by atoms with E-state index < -0.39 is 0 Å². The molecule has 104 valence electrons. The van der Waals surface area contributed by atoms with Gasteiger partial charge in [0.15, 0.2) is 11.5 Å². The summed E-state index contributed by atoms with van der Waals surface area (Å²) in [5, 5.41) is 13.0. The Morgan fingerprint density at radius 2 is 1.79 bits per heavy atom. The zero-order valence-corrected chi connectivity index (χ0v) is 11.1. The smallest absolute Gasteiger partial charge is 0.163 e. The van der Waals surface area contributed by atoms with Crippen LogP contribution in [0.2, 0.25) is 0 Å². The second-order valence-corrected chi connectivity index (χ2v) is 5.41. The Labute approximate surface area is 113 Å². The summed E-state index contributed by atoms with van der Waals surface area (Å²) in [4.78, 5) is 0. The fourth-order valence-corrected chi connectivity index (χ4v) is 2.76. The summed E-state index contributed by atoms with van der Waals surface area (Å²) < 4.78 is 11.1. The predicted octanol–water partition coefficient (Wildman–Crippen LogP) is 2.42. The van der Waals surface area contributed by atoms with Crippen molar-refractivity contribution in [2.75, 3.05) is 25.1 Å². The molecule has 4 nitrogen and oxygen atoms in total. The minimum Gasteiger partial charge on any atom is -0.486 e. The van der Waals surface area contributed by atoms with Crippen LogP contribution in [0, 0.1) is 5.92 Å². The number of nitrogens with one attached hydrogen (secondary N) is 1. The van der Waals surface area contributed by atoms with Gasteiger partial charge in [-0.3, -0.25) is 0 Å². The van der Waals surface area contributed by atoms with E-state index in [-0.39, 0.29) is 6.10 Å². The third-order valence-electron chi connectivity index (χ3n) is 3.95. The first-order valence-corrected chi connectivity index (χ1v) is 7.13. The zero-order chi connectivity index (χ0) is 13.1. The lowest BCUT2D eigenvalue weighted by Crippen LogP contribution is -2.23. The van der Waals surface area contributed by atoms with Crippen molar-refractivity contribution in [2.24, 2.45) is 5.92 Å². The monoisotopic (exact) mass is 263 g/mol. The summed E-state index contributed by atoms with van der Waals surface area (Å²) in [6, 6.07) is 6.00. The molecule has 1 fully saturated rings. The topological polar surface area (TPSA) is 50.7 Å². The van der Waals surface area contributed by atoms with Crippen LogP contribution in [0.3, 0.4) is 0 Å². The van der Waals surface area contributed by atoms with E-state index in [1.807, 2.05) is 18.2 Å². The highest BCUT2D eigenvalue weighted by Gasteiger charge is 2.19. The van der Waals surface area contributed by atoms with Gasteiger partial charge in [0.1, 0.15) is 13.2 Å². The van der Waals surface area contributed by atoms with E-state index >= 15 is 0 Å². The van der Waals surface area contributed by atoms with E-state index in [1.165, 1.54) is 0 Å². The summed E-state index contributed by atoms with van der Waals surface area (Å²) in [7, 11) is 0. The summed E-state index contributed by atoms with van der Waals surface area (Å²) in [5.74, 6) is 2.32. The van der Waals surface area contributed by atoms with Crippen molar-refractivity contribution in [3.05, 3.63) is 18.2 Å². The fraction of sp³-hybridized carbons (Fsp3) is 0.600. The van der Waals surface area contributed by atoms with E-state index in [9.17, 15) is 5.11 Å². The molecule has 0 aromatic heterocycles. The minimum absolute atomic E-state index is 0.0782. The molecular weight excluding hydrogens is 242 g/mol. The summed E-state index contributed by atoms with van der Waals surface area (Å²) in [6.07, 6.45) is 4.02. The maximum Gasteiger partial charge on any atom is 0.163 e. The van der Waals surface area contributed by atoms with Crippen LogP contribution in [0.5, 0.6) is 11.5 Å². The molecule has 2 aliphatic rings. The number of anilines is 1.